The standard InChI is InChI=1S/C15H21NO3/c1-18-12-7-8-13(14(16)10-12)15(17)6-2-4-11-5-3-9-19-11/h7-8,10-11H,2-6,9,16H2,1H3. The molecule has 1 aromatic carbocycles. The fraction of sp³-hybridized carbons (Fsp3) is 0.533. The highest BCUT2D eigenvalue weighted by atomic mass is 16.5. The van der Waals surface area contributed by atoms with Crippen LogP contribution in [0.1, 0.15) is 42.5 Å². The van der Waals surface area contributed by atoms with Crippen LogP contribution in [-0.4, -0.2) is 25.6 Å². The molecule has 0 aromatic heterocycles. The Hall–Kier alpha value is -1.55. The van der Waals surface area contributed by atoms with E-state index < -0.39 is 0 Å². The minimum atomic E-state index is 0.0955. The lowest BCUT2D eigenvalue weighted by molar-refractivity contribution is 0.0923. The molecule has 1 saturated heterocycles. The van der Waals surface area contributed by atoms with Crippen molar-refractivity contribution < 1.29 is 14.3 Å². The Morgan fingerprint density at radius 3 is 3.00 bits per heavy atom. The summed E-state index contributed by atoms with van der Waals surface area (Å²) in [5.74, 6) is 0.770. The molecule has 104 valence electrons. The van der Waals surface area contributed by atoms with Crippen molar-refractivity contribution >= 4 is 11.5 Å². The van der Waals surface area contributed by atoms with E-state index >= 15 is 0 Å². The number of hydrogen-bond donors (Lipinski definition) is 1. The lowest BCUT2D eigenvalue weighted by Crippen LogP contribution is -2.08. The summed E-state index contributed by atoms with van der Waals surface area (Å²) in [4.78, 5) is 12.1. The van der Waals surface area contributed by atoms with Gasteiger partial charge in [0.05, 0.1) is 13.2 Å². The molecule has 0 aliphatic carbocycles. The monoisotopic (exact) mass is 263 g/mol. The topological polar surface area (TPSA) is 61.5 Å². The molecule has 1 atom stereocenters. The average Bonchev–Trinajstić information content (AvgIpc) is 2.91. The van der Waals surface area contributed by atoms with Crippen LogP contribution in [0.15, 0.2) is 18.2 Å². The molecule has 0 radical (unpaired) electrons. The summed E-state index contributed by atoms with van der Waals surface area (Å²) in [5, 5.41) is 0. The molecule has 0 bridgehead atoms. The highest BCUT2D eigenvalue weighted by Crippen LogP contribution is 2.23. The van der Waals surface area contributed by atoms with Gasteiger partial charge in [0, 0.05) is 30.3 Å². The first-order valence-corrected chi connectivity index (χ1v) is 6.79. The van der Waals surface area contributed by atoms with E-state index in [0.29, 0.717) is 29.5 Å². The Labute approximate surface area is 113 Å². The maximum absolute atomic E-state index is 12.1. The number of carbonyl (C=O) groups excluding carboxylic acids is 1. The second-order valence-corrected chi connectivity index (χ2v) is 4.90. The summed E-state index contributed by atoms with van der Waals surface area (Å²) in [6.45, 7) is 0.865. The molecule has 1 heterocycles. The minimum absolute atomic E-state index is 0.0955. The number of Topliss-reactive ketones (excluding diaryl/α,β-unsaturated/α-hetero) is 1. The van der Waals surface area contributed by atoms with Gasteiger partial charge in [0.25, 0.3) is 0 Å². The third kappa shape index (κ3) is 3.70. The van der Waals surface area contributed by atoms with Crippen molar-refractivity contribution in [3.05, 3.63) is 23.8 Å². The van der Waals surface area contributed by atoms with Crippen molar-refractivity contribution in [3.8, 4) is 5.75 Å². The average molecular weight is 263 g/mol. The van der Waals surface area contributed by atoms with Gasteiger partial charge in [0.15, 0.2) is 5.78 Å². The van der Waals surface area contributed by atoms with E-state index in [1.54, 1.807) is 25.3 Å². The molecule has 4 heteroatoms. The fourth-order valence-electron chi connectivity index (χ4n) is 2.42. The maximum atomic E-state index is 12.1. The van der Waals surface area contributed by atoms with Crippen LogP contribution in [-0.2, 0) is 4.74 Å². The second kappa shape index (κ2) is 6.57. The number of anilines is 1. The van der Waals surface area contributed by atoms with Gasteiger partial charge in [-0.3, -0.25) is 4.79 Å². The largest absolute Gasteiger partial charge is 0.497 e. The highest BCUT2D eigenvalue weighted by molar-refractivity contribution is 6.00. The summed E-state index contributed by atoms with van der Waals surface area (Å²) in [5.41, 5.74) is 6.94. The van der Waals surface area contributed by atoms with Gasteiger partial charge in [-0.15, -0.1) is 0 Å². The summed E-state index contributed by atoms with van der Waals surface area (Å²) < 4.78 is 10.6. The van der Waals surface area contributed by atoms with E-state index in [2.05, 4.69) is 0 Å². The van der Waals surface area contributed by atoms with E-state index in [0.717, 1.165) is 32.3 Å². The number of benzene rings is 1. The Balaban J connectivity index is 1.85. The van der Waals surface area contributed by atoms with Gasteiger partial charge >= 0.3 is 0 Å². The van der Waals surface area contributed by atoms with E-state index in [-0.39, 0.29) is 5.78 Å². The smallest absolute Gasteiger partial charge is 0.164 e. The number of ketones is 1. The molecule has 1 aliphatic rings. The molecule has 4 nitrogen and oxygen atoms in total. The van der Waals surface area contributed by atoms with Gasteiger partial charge in [-0.25, -0.2) is 0 Å². The van der Waals surface area contributed by atoms with Crippen molar-refractivity contribution in [3.63, 3.8) is 0 Å². The number of ether oxygens (including phenoxy) is 2. The zero-order chi connectivity index (χ0) is 13.7. The Kier molecular flexibility index (Phi) is 4.80. The molecule has 2 N–H and O–H groups in total. The maximum Gasteiger partial charge on any atom is 0.164 e. The predicted octanol–water partition coefficient (Wildman–Crippen LogP) is 2.81. The third-order valence-electron chi connectivity index (χ3n) is 3.51. The van der Waals surface area contributed by atoms with Gasteiger partial charge in [0.2, 0.25) is 0 Å². The van der Waals surface area contributed by atoms with Gasteiger partial charge in [-0.05, 0) is 37.8 Å². The first kappa shape index (κ1) is 13.9. The summed E-state index contributed by atoms with van der Waals surface area (Å²) in [6, 6.07) is 5.19. The minimum Gasteiger partial charge on any atom is -0.497 e. The lowest BCUT2D eigenvalue weighted by Gasteiger charge is -2.09. The highest BCUT2D eigenvalue weighted by Gasteiger charge is 2.16. The lowest BCUT2D eigenvalue weighted by atomic mass is 10.0. The summed E-state index contributed by atoms with van der Waals surface area (Å²) in [7, 11) is 1.58. The molecule has 0 saturated carbocycles. The normalized spacial score (nSPS) is 18.5. The van der Waals surface area contributed by atoms with Crippen LogP contribution in [0.2, 0.25) is 0 Å². The van der Waals surface area contributed by atoms with E-state index in [1.807, 2.05) is 0 Å². The van der Waals surface area contributed by atoms with Crippen LogP contribution in [0.4, 0.5) is 5.69 Å². The number of nitrogens with two attached hydrogens (primary N) is 1. The van der Waals surface area contributed by atoms with Gasteiger partial charge in [-0.1, -0.05) is 0 Å². The van der Waals surface area contributed by atoms with Crippen molar-refractivity contribution in [2.75, 3.05) is 19.5 Å². The number of hydrogen-bond acceptors (Lipinski definition) is 4. The van der Waals surface area contributed by atoms with Gasteiger partial charge in [0.1, 0.15) is 5.75 Å². The molecule has 1 aliphatic heterocycles. The van der Waals surface area contributed by atoms with Crippen LogP contribution < -0.4 is 10.5 Å². The molecule has 1 unspecified atom stereocenters. The number of carbonyl (C=O) groups is 1. The fourth-order valence-corrected chi connectivity index (χ4v) is 2.42. The van der Waals surface area contributed by atoms with E-state index in [9.17, 15) is 4.79 Å². The van der Waals surface area contributed by atoms with Crippen molar-refractivity contribution in [2.24, 2.45) is 0 Å². The summed E-state index contributed by atoms with van der Waals surface area (Å²) in [6.07, 6.45) is 4.96. The molecular weight excluding hydrogens is 242 g/mol. The SMILES string of the molecule is COc1ccc(C(=O)CCCC2CCCO2)c(N)c1. The van der Waals surface area contributed by atoms with Crippen LogP contribution in [0.5, 0.6) is 5.75 Å². The number of methoxy groups -OCH3 is 1. The molecule has 1 aromatic rings. The molecule has 1 fully saturated rings. The second-order valence-electron chi connectivity index (χ2n) is 4.90. The molecule has 19 heavy (non-hydrogen) atoms. The third-order valence-corrected chi connectivity index (χ3v) is 3.51. The number of rotatable bonds is 6. The first-order chi connectivity index (χ1) is 9.20. The quantitative estimate of drug-likeness (QED) is 0.633. The van der Waals surface area contributed by atoms with Crippen LogP contribution in [0.25, 0.3) is 0 Å². The molecule has 0 amide bonds. The Bertz CT molecular complexity index is 439. The van der Waals surface area contributed by atoms with Crippen molar-refractivity contribution in [1.82, 2.24) is 0 Å². The Morgan fingerprint density at radius 1 is 1.53 bits per heavy atom. The van der Waals surface area contributed by atoms with Crippen LogP contribution in [0.3, 0.4) is 0 Å². The molecular formula is C15H21NO3. The van der Waals surface area contributed by atoms with Gasteiger partial charge in [-0.2, -0.15) is 0 Å². The zero-order valence-corrected chi connectivity index (χ0v) is 11.4. The first-order valence-electron chi connectivity index (χ1n) is 6.79. The molecule has 0 spiro atoms. The number of nitrogen functional groups attached to an aromatic ring is 1. The predicted molar refractivity (Wildman–Crippen MR) is 74.6 cm³/mol. The van der Waals surface area contributed by atoms with E-state index in [4.69, 9.17) is 15.2 Å². The zero-order valence-electron chi connectivity index (χ0n) is 11.4. The van der Waals surface area contributed by atoms with Gasteiger partial charge < -0.3 is 15.2 Å². The van der Waals surface area contributed by atoms with Crippen LogP contribution >= 0.6 is 0 Å². The van der Waals surface area contributed by atoms with Crippen molar-refractivity contribution in [2.45, 2.75) is 38.2 Å². The summed E-state index contributed by atoms with van der Waals surface area (Å²) >= 11 is 0. The van der Waals surface area contributed by atoms with Crippen LogP contribution in [0, 0.1) is 0 Å². The Morgan fingerprint density at radius 2 is 2.37 bits per heavy atom. The van der Waals surface area contributed by atoms with E-state index in [1.165, 1.54) is 0 Å². The molecule has 2 rings (SSSR count). The van der Waals surface area contributed by atoms with Crippen molar-refractivity contribution in [1.29, 1.82) is 0 Å².